The number of aliphatic hydroxyl groups is 1. The summed E-state index contributed by atoms with van der Waals surface area (Å²) < 4.78 is 11.9. The van der Waals surface area contributed by atoms with Crippen LogP contribution < -0.4 is 0 Å². The summed E-state index contributed by atoms with van der Waals surface area (Å²) in [5.74, 6) is -0.951. The van der Waals surface area contributed by atoms with Gasteiger partial charge in [-0.15, -0.1) is 0 Å². The summed E-state index contributed by atoms with van der Waals surface area (Å²) in [7, 11) is -0.687. The molecule has 1 fully saturated rings. The van der Waals surface area contributed by atoms with Crippen molar-refractivity contribution in [2.24, 2.45) is 0 Å². The Kier molecular flexibility index (Phi) is 5.45. The number of carboxylic acid groups (broad SMARTS) is 1. The molecular formula is C17H22BClO5. The Hall–Kier alpha value is -1.34. The van der Waals surface area contributed by atoms with E-state index in [0.717, 1.165) is 0 Å². The van der Waals surface area contributed by atoms with Gasteiger partial charge in [-0.3, -0.25) is 4.79 Å². The van der Waals surface area contributed by atoms with Gasteiger partial charge in [-0.2, -0.15) is 0 Å². The van der Waals surface area contributed by atoms with Crippen molar-refractivity contribution in [3.05, 3.63) is 39.8 Å². The van der Waals surface area contributed by atoms with Gasteiger partial charge in [0.05, 0.1) is 24.2 Å². The average molecular weight is 353 g/mol. The van der Waals surface area contributed by atoms with Gasteiger partial charge in [0.1, 0.15) is 0 Å². The average Bonchev–Trinajstić information content (AvgIpc) is 2.66. The van der Waals surface area contributed by atoms with Crippen LogP contribution in [0.1, 0.15) is 38.8 Å². The fourth-order valence-electron chi connectivity index (χ4n) is 2.41. The summed E-state index contributed by atoms with van der Waals surface area (Å²) in [6.45, 7) is 7.46. The van der Waals surface area contributed by atoms with Crippen LogP contribution in [-0.2, 0) is 20.5 Å². The van der Waals surface area contributed by atoms with Gasteiger partial charge in [-0.1, -0.05) is 23.7 Å². The Morgan fingerprint density at radius 1 is 1.25 bits per heavy atom. The molecule has 1 aliphatic heterocycles. The minimum atomic E-state index is -0.951. The topological polar surface area (TPSA) is 76.0 Å². The Bertz CT molecular complexity index is 653. The zero-order valence-electron chi connectivity index (χ0n) is 14.3. The van der Waals surface area contributed by atoms with Crippen molar-refractivity contribution in [3.63, 3.8) is 0 Å². The van der Waals surface area contributed by atoms with Crippen molar-refractivity contribution >= 4 is 30.8 Å². The molecule has 2 rings (SSSR count). The SMILES string of the molecule is CC1(C)OB(C(=Cc2ccc(Cl)cc2CC(=O)O)CO)OC1(C)C. The van der Waals surface area contributed by atoms with Crippen LogP contribution in [0, 0.1) is 0 Å². The van der Waals surface area contributed by atoms with Gasteiger partial charge in [-0.05, 0) is 56.4 Å². The number of hydrogen-bond donors (Lipinski definition) is 2. The number of halogens is 1. The van der Waals surface area contributed by atoms with Crippen molar-refractivity contribution < 1.29 is 24.3 Å². The normalized spacial score (nSPS) is 19.6. The third-order valence-corrected chi connectivity index (χ3v) is 4.76. The van der Waals surface area contributed by atoms with Gasteiger partial charge in [0.15, 0.2) is 0 Å². The van der Waals surface area contributed by atoms with Gasteiger partial charge >= 0.3 is 13.1 Å². The summed E-state index contributed by atoms with van der Waals surface area (Å²) in [5, 5.41) is 19.3. The molecule has 0 unspecified atom stereocenters. The first-order chi connectivity index (χ1) is 11.1. The first kappa shape index (κ1) is 19.0. The number of aliphatic carboxylic acids is 1. The van der Waals surface area contributed by atoms with Crippen LogP contribution in [0.25, 0.3) is 6.08 Å². The zero-order chi connectivity index (χ0) is 18.1. The van der Waals surface area contributed by atoms with Gasteiger partial charge in [0, 0.05) is 5.02 Å². The number of carboxylic acids is 1. The van der Waals surface area contributed by atoms with Crippen molar-refractivity contribution in [1.29, 1.82) is 0 Å². The summed E-state index contributed by atoms with van der Waals surface area (Å²) in [6, 6.07) is 5.01. The molecule has 2 N–H and O–H groups in total. The van der Waals surface area contributed by atoms with Crippen molar-refractivity contribution in [2.45, 2.75) is 45.3 Å². The maximum absolute atomic E-state index is 11.1. The highest BCUT2D eigenvalue weighted by Gasteiger charge is 2.52. The predicted octanol–water partition coefficient (Wildman–Crippen LogP) is 2.97. The number of carbonyl (C=O) groups is 1. The van der Waals surface area contributed by atoms with E-state index >= 15 is 0 Å². The van der Waals surface area contributed by atoms with E-state index < -0.39 is 24.3 Å². The molecule has 0 radical (unpaired) electrons. The van der Waals surface area contributed by atoms with Gasteiger partial charge < -0.3 is 19.5 Å². The summed E-state index contributed by atoms with van der Waals surface area (Å²) >= 11 is 5.96. The van der Waals surface area contributed by atoms with Crippen molar-refractivity contribution in [2.75, 3.05) is 6.61 Å². The molecule has 1 aliphatic rings. The number of benzene rings is 1. The first-order valence-electron chi connectivity index (χ1n) is 7.73. The third-order valence-electron chi connectivity index (χ3n) is 4.53. The molecule has 0 atom stereocenters. The number of rotatable bonds is 5. The molecule has 1 aromatic rings. The Morgan fingerprint density at radius 3 is 2.33 bits per heavy atom. The third kappa shape index (κ3) is 4.01. The molecule has 0 aromatic heterocycles. The Balaban J connectivity index is 2.37. The minimum Gasteiger partial charge on any atom is -0.481 e. The van der Waals surface area contributed by atoms with Gasteiger partial charge in [0.2, 0.25) is 0 Å². The molecule has 0 aliphatic carbocycles. The quantitative estimate of drug-likeness (QED) is 0.797. The molecule has 1 aromatic carbocycles. The van der Waals surface area contributed by atoms with Crippen LogP contribution in [0.4, 0.5) is 0 Å². The molecule has 0 spiro atoms. The molecule has 1 saturated heterocycles. The molecule has 5 nitrogen and oxygen atoms in total. The van der Waals surface area contributed by atoms with Gasteiger partial charge in [-0.25, -0.2) is 0 Å². The fourth-order valence-corrected chi connectivity index (χ4v) is 2.61. The van der Waals surface area contributed by atoms with E-state index in [1.54, 1.807) is 24.3 Å². The van der Waals surface area contributed by atoms with Crippen molar-refractivity contribution in [3.8, 4) is 0 Å². The molecule has 0 bridgehead atoms. The maximum Gasteiger partial charge on any atom is 0.492 e. The van der Waals surface area contributed by atoms with E-state index in [2.05, 4.69) is 0 Å². The second-order valence-corrected chi connectivity index (χ2v) is 7.32. The van der Waals surface area contributed by atoms with Crippen LogP contribution in [0.2, 0.25) is 5.02 Å². The van der Waals surface area contributed by atoms with Gasteiger partial charge in [0.25, 0.3) is 0 Å². The molecular weight excluding hydrogens is 330 g/mol. The second kappa shape index (κ2) is 6.88. The largest absolute Gasteiger partial charge is 0.492 e. The van der Waals surface area contributed by atoms with E-state index in [-0.39, 0.29) is 13.0 Å². The van der Waals surface area contributed by atoms with E-state index in [9.17, 15) is 9.90 Å². The summed E-state index contributed by atoms with van der Waals surface area (Å²) in [5.41, 5.74) is 0.728. The Morgan fingerprint density at radius 2 is 1.83 bits per heavy atom. The smallest absolute Gasteiger partial charge is 0.481 e. The predicted molar refractivity (Wildman–Crippen MR) is 93.9 cm³/mol. The van der Waals surface area contributed by atoms with E-state index in [1.807, 2.05) is 27.7 Å². The highest BCUT2D eigenvalue weighted by atomic mass is 35.5. The van der Waals surface area contributed by atoms with Crippen molar-refractivity contribution in [1.82, 2.24) is 0 Å². The number of hydrogen-bond acceptors (Lipinski definition) is 4. The van der Waals surface area contributed by atoms with Crippen LogP contribution in [0.3, 0.4) is 0 Å². The lowest BCUT2D eigenvalue weighted by Crippen LogP contribution is -2.41. The lowest BCUT2D eigenvalue weighted by atomic mass is 9.77. The van der Waals surface area contributed by atoms with E-state index in [0.29, 0.717) is 21.6 Å². The zero-order valence-corrected chi connectivity index (χ0v) is 15.1. The van der Waals surface area contributed by atoms with Crippen LogP contribution in [0.5, 0.6) is 0 Å². The fraction of sp³-hybridized carbons (Fsp3) is 0.471. The Labute approximate surface area is 147 Å². The molecule has 130 valence electrons. The standard InChI is InChI=1S/C17H22BClO5/c1-16(2)17(3,4)24-18(23-16)13(10-20)7-11-5-6-14(19)8-12(11)9-15(21)22/h5-8,20H,9-10H2,1-4H3,(H,21,22). The highest BCUT2D eigenvalue weighted by molar-refractivity contribution is 6.55. The molecule has 7 heteroatoms. The van der Waals surface area contributed by atoms with E-state index in [1.165, 1.54) is 0 Å². The summed E-state index contributed by atoms with van der Waals surface area (Å²) in [6.07, 6.45) is 1.55. The lowest BCUT2D eigenvalue weighted by Gasteiger charge is -2.32. The molecule has 0 saturated carbocycles. The minimum absolute atomic E-state index is 0.158. The monoisotopic (exact) mass is 352 g/mol. The number of aliphatic hydroxyl groups excluding tert-OH is 1. The first-order valence-corrected chi connectivity index (χ1v) is 8.11. The van der Waals surface area contributed by atoms with Crippen LogP contribution in [0.15, 0.2) is 23.7 Å². The second-order valence-electron chi connectivity index (χ2n) is 6.88. The van der Waals surface area contributed by atoms with E-state index in [4.69, 9.17) is 26.0 Å². The molecule has 24 heavy (non-hydrogen) atoms. The van der Waals surface area contributed by atoms with Crippen LogP contribution in [-0.4, -0.2) is 41.1 Å². The lowest BCUT2D eigenvalue weighted by molar-refractivity contribution is -0.136. The maximum atomic E-state index is 11.1. The highest BCUT2D eigenvalue weighted by Crippen LogP contribution is 2.38. The molecule has 1 heterocycles. The molecule has 0 amide bonds. The summed E-state index contributed by atoms with van der Waals surface area (Å²) in [4.78, 5) is 11.1. The van der Waals surface area contributed by atoms with Crippen LogP contribution >= 0.6 is 11.6 Å².